The third-order valence-corrected chi connectivity index (χ3v) is 4.65. The van der Waals surface area contributed by atoms with E-state index in [2.05, 4.69) is 35.3 Å². The molecule has 19 heavy (non-hydrogen) atoms. The van der Waals surface area contributed by atoms with E-state index in [1.807, 2.05) is 0 Å². The molecule has 1 aromatic rings. The Morgan fingerprint density at radius 3 is 3.21 bits per heavy atom. The average molecular weight is 258 g/mol. The van der Waals surface area contributed by atoms with Gasteiger partial charge in [0.15, 0.2) is 0 Å². The number of hydrogen-bond acceptors (Lipinski definition) is 2. The summed E-state index contributed by atoms with van der Waals surface area (Å²) in [4.78, 5) is 2.66. The Labute approximate surface area is 117 Å². The summed E-state index contributed by atoms with van der Waals surface area (Å²) in [6.07, 6.45) is 6.68. The Hall–Kier alpha value is -1.02. The number of nitrogens with one attached hydrogen (secondary N) is 1. The van der Waals surface area contributed by atoms with Gasteiger partial charge in [0, 0.05) is 25.3 Å². The fourth-order valence-corrected chi connectivity index (χ4v) is 3.67. The molecular formula is C17H26N2. The number of nitrogens with zero attached hydrogens (tertiary/aromatic N) is 1. The van der Waals surface area contributed by atoms with Gasteiger partial charge in [-0.3, -0.25) is 4.90 Å². The zero-order chi connectivity index (χ0) is 13.1. The first kappa shape index (κ1) is 13.0. The van der Waals surface area contributed by atoms with Crippen molar-refractivity contribution in [2.75, 3.05) is 25.0 Å². The molecule has 1 unspecified atom stereocenters. The summed E-state index contributed by atoms with van der Waals surface area (Å²) in [5, 5.41) is 3.54. The summed E-state index contributed by atoms with van der Waals surface area (Å²) in [6.45, 7) is 7.21. The molecule has 0 spiro atoms. The summed E-state index contributed by atoms with van der Waals surface area (Å²) in [7, 11) is 0. The molecule has 0 aromatic heterocycles. The molecule has 1 N–H and O–H groups in total. The lowest BCUT2D eigenvalue weighted by atomic mass is 9.97. The van der Waals surface area contributed by atoms with Crippen molar-refractivity contribution in [3.63, 3.8) is 0 Å². The number of fused-ring (bicyclic) bond motifs is 1. The zero-order valence-electron chi connectivity index (χ0n) is 12.1. The van der Waals surface area contributed by atoms with Crippen molar-refractivity contribution in [2.45, 2.75) is 45.6 Å². The van der Waals surface area contributed by atoms with Crippen molar-refractivity contribution >= 4 is 5.69 Å². The van der Waals surface area contributed by atoms with Crippen molar-refractivity contribution in [2.24, 2.45) is 5.92 Å². The summed E-state index contributed by atoms with van der Waals surface area (Å²) in [5.74, 6) is 0.947. The van der Waals surface area contributed by atoms with E-state index in [0.717, 1.165) is 19.0 Å². The second-order valence-electron chi connectivity index (χ2n) is 6.15. The molecule has 104 valence electrons. The largest absolute Gasteiger partial charge is 0.385 e. The fraction of sp³-hybridized carbons (Fsp3) is 0.647. The smallest absolute Gasteiger partial charge is 0.0375 e. The molecule has 0 radical (unpaired) electrons. The van der Waals surface area contributed by atoms with Crippen molar-refractivity contribution in [3.05, 3.63) is 29.3 Å². The number of likely N-dealkylation sites (tertiary alicyclic amines) is 1. The van der Waals surface area contributed by atoms with Crippen molar-refractivity contribution < 1.29 is 0 Å². The van der Waals surface area contributed by atoms with Crippen LogP contribution in [0.3, 0.4) is 0 Å². The average Bonchev–Trinajstić information content (AvgIpc) is 2.87. The molecule has 2 heteroatoms. The van der Waals surface area contributed by atoms with E-state index in [1.165, 1.54) is 50.9 Å². The van der Waals surface area contributed by atoms with Crippen LogP contribution in [0.25, 0.3) is 0 Å². The van der Waals surface area contributed by atoms with Gasteiger partial charge in [0.25, 0.3) is 0 Å². The lowest BCUT2D eigenvalue weighted by Gasteiger charge is -2.24. The van der Waals surface area contributed by atoms with E-state index in [9.17, 15) is 0 Å². The SMILES string of the molecule is CCCC1CCN(Cc2cccc3c2CCCN3)C1. The monoisotopic (exact) mass is 258 g/mol. The van der Waals surface area contributed by atoms with Gasteiger partial charge in [-0.1, -0.05) is 25.5 Å². The second kappa shape index (κ2) is 5.96. The lowest BCUT2D eigenvalue weighted by Crippen LogP contribution is -2.22. The number of benzene rings is 1. The van der Waals surface area contributed by atoms with Crippen LogP contribution < -0.4 is 5.32 Å². The quantitative estimate of drug-likeness (QED) is 0.886. The minimum atomic E-state index is 0.947. The van der Waals surface area contributed by atoms with Gasteiger partial charge in [-0.15, -0.1) is 0 Å². The standard InChI is InChI=1S/C17H26N2/c1-2-5-14-9-11-19(12-14)13-15-6-3-8-17-16(15)7-4-10-18-17/h3,6,8,14,18H,2,4-5,7,9-13H2,1H3. The highest BCUT2D eigenvalue weighted by Gasteiger charge is 2.23. The Kier molecular flexibility index (Phi) is 4.07. The van der Waals surface area contributed by atoms with Crippen LogP contribution in [0.15, 0.2) is 18.2 Å². The molecule has 1 atom stereocenters. The topological polar surface area (TPSA) is 15.3 Å². The van der Waals surface area contributed by atoms with Gasteiger partial charge in [-0.25, -0.2) is 0 Å². The summed E-state index contributed by atoms with van der Waals surface area (Å²) in [5.41, 5.74) is 4.52. The molecular weight excluding hydrogens is 232 g/mol. The molecule has 0 amide bonds. The van der Waals surface area contributed by atoms with Crippen LogP contribution in [0.2, 0.25) is 0 Å². The normalized spacial score (nSPS) is 23.1. The van der Waals surface area contributed by atoms with Crippen LogP contribution in [0.5, 0.6) is 0 Å². The maximum atomic E-state index is 3.54. The molecule has 3 rings (SSSR count). The van der Waals surface area contributed by atoms with Gasteiger partial charge >= 0.3 is 0 Å². The maximum Gasteiger partial charge on any atom is 0.0375 e. The van der Waals surface area contributed by atoms with Gasteiger partial charge < -0.3 is 5.32 Å². The molecule has 0 bridgehead atoms. The summed E-state index contributed by atoms with van der Waals surface area (Å²) in [6, 6.07) is 6.78. The van der Waals surface area contributed by atoms with E-state index in [0.29, 0.717) is 0 Å². The lowest BCUT2D eigenvalue weighted by molar-refractivity contribution is 0.312. The first-order valence-electron chi connectivity index (χ1n) is 7.94. The van der Waals surface area contributed by atoms with Crippen molar-refractivity contribution in [1.29, 1.82) is 0 Å². The minimum Gasteiger partial charge on any atom is -0.385 e. The Bertz CT molecular complexity index is 427. The van der Waals surface area contributed by atoms with Gasteiger partial charge in [-0.2, -0.15) is 0 Å². The Balaban J connectivity index is 1.67. The molecule has 2 aliphatic rings. The van der Waals surface area contributed by atoms with Crippen LogP contribution in [-0.4, -0.2) is 24.5 Å². The van der Waals surface area contributed by atoms with E-state index in [1.54, 1.807) is 11.1 Å². The first-order valence-corrected chi connectivity index (χ1v) is 7.94. The minimum absolute atomic E-state index is 0.947. The predicted molar refractivity (Wildman–Crippen MR) is 81.5 cm³/mol. The van der Waals surface area contributed by atoms with E-state index in [-0.39, 0.29) is 0 Å². The fourth-order valence-electron chi connectivity index (χ4n) is 3.67. The molecule has 0 saturated carbocycles. The van der Waals surface area contributed by atoms with Crippen molar-refractivity contribution in [3.8, 4) is 0 Å². The Morgan fingerprint density at radius 1 is 1.37 bits per heavy atom. The third kappa shape index (κ3) is 2.94. The number of hydrogen-bond donors (Lipinski definition) is 1. The van der Waals surface area contributed by atoms with E-state index >= 15 is 0 Å². The van der Waals surface area contributed by atoms with Crippen LogP contribution >= 0.6 is 0 Å². The van der Waals surface area contributed by atoms with Crippen LogP contribution in [0, 0.1) is 5.92 Å². The number of anilines is 1. The van der Waals surface area contributed by atoms with Gasteiger partial charge in [0.2, 0.25) is 0 Å². The van der Waals surface area contributed by atoms with Crippen molar-refractivity contribution in [1.82, 2.24) is 4.90 Å². The van der Waals surface area contributed by atoms with Gasteiger partial charge in [-0.05, 0) is 55.3 Å². The van der Waals surface area contributed by atoms with E-state index < -0.39 is 0 Å². The third-order valence-electron chi connectivity index (χ3n) is 4.65. The Morgan fingerprint density at radius 2 is 2.32 bits per heavy atom. The molecule has 1 fully saturated rings. The molecule has 1 aromatic carbocycles. The highest BCUT2D eigenvalue weighted by Crippen LogP contribution is 2.28. The highest BCUT2D eigenvalue weighted by molar-refractivity contribution is 5.56. The number of rotatable bonds is 4. The zero-order valence-corrected chi connectivity index (χ0v) is 12.1. The summed E-state index contributed by atoms with van der Waals surface area (Å²) >= 11 is 0. The molecule has 1 saturated heterocycles. The molecule has 2 nitrogen and oxygen atoms in total. The summed E-state index contributed by atoms with van der Waals surface area (Å²) < 4.78 is 0. The highest BCUT2D eigenvalue weighted by atomic mass is 15.1. The van der Waals surface area contributed by atoms with E-state index in [4.69, 9.17) is 0 Å². The maximum absolute atomic E-state index is 3.54. The van der Waals surface area contributed by atoms with Crippen LogP contribution in [0.1, 0.15) is 43.7 Å². The first-order chi connectivity index (χ1) is 9.36. The predicted octanol–water partition coefficient (Wildman–Crippen LogP) is 3.67. The molecule has 0 aliphatic carbocycles. The van der Waals surface area contributed by atoms with Gasteiger partial charge in [0.1, 0.15) is 0 Å². The molecule has 2 aliphatic heterocycles. The van der Waals surface area contributed by atoms with Crippen LogP contribution in [0.4, 0.5) is 5.69 Å². The second-order valence-corrected chi connectivity index (χ2v) is 6.15. The van der Waals surface area contributed by atoms with Crippen LogP contribution in [-0.2, 0) is 13.0 Å². The molecule has 2 heterocycles. The van der Waals surface area contributed by atoms with Gasteiger partial charge in [0.05, 0.1) is 0 Å².